The summed E-state index contributed by atoms with van der Waals surface area (Å²) in [7, 11) is 0. The Morgan fingerprint density at radius 3 is 2.95 bits per heavy atom. The molecule has 1 saturated carbocycles. The summed E-state index contributed by atoms with van der Waals surface area (Å²) in [5, 5.41) is 12.1. The van der Waals surface area contributed by atoms with E-state index in [0.29, 0.717) is 13.0 Å². The van der Waals surface area contributed by atoms with E-state index >= 15 is 0 Å². The smallest absolute Gasteiger partial charge is 0.220 e. The maximum absolute atomic E-state index is 11.8. The summed E-state index contributed by atoms with van der Waals surface area (Å²) in [6.07, 6.45) is 2.52. The van der Waals surface area contributed by atoms with E-state index in [9.17, 15) is 9.90 Å². The van der Waals surface area contributed by atoms with Crippen LogP contribution in [0, 0.1) is 5.41 Å². The van der Waals surface area contributed by atoms with Crippen molar-refractivity contribution < 1.29 is 9.90 Å². The number of fused-ring (bicyclic) bond motifs is 1. The number of nitrogens with one attached hydrogen (secondary N) is 1. The summed E-state index contributed by atoms with van der Waals surface area (Å²) in [6, 6.07) is 8.07. The van der Waals surface area contributed by atoms with E-state index in [1.807, 2.05) is 18.2 Å². The number of hydrogen-bond acceptors (Lipinski definition) is 5. The Hall–Kier alpha value is -1.11. The number of para-hydroxylation sites is 1. The van der Waals surface area contributed by atoms with Crippen molar-refractivity contribution in [3.8, 4) is 0 Å². The van der Waals surface area contributed by atoms with Crippen molar-refractivity contribution in [2.75, 3.05) is 18.9 Å². The highest BCUT2D eigenvalue weighted by Crippen LogP contribution is 2.44. The third-order valence-corrected chi connectivity index (χ3v) is 5.96. The number of thioether (sulfide) groups is 1. The van der Waals surface area contributed by atoms with Gasteiger partial charge in [0.05, 0.1) is 16.8 Å². The van der Waals surface area contributed by atoms with E-state index in [-0.39, 0.29) is 17.9 Å². The molecule has 1 aliphatic carbocycles. The SMILES string of the molecule is O=C(CCSc1nc2ccccc2s1)NCC1(CO)CC1. The average Bonchev–Trinajstić information content (AvgIpc) is 3.17. The van der Waals surface area contributed by atoms with Crippen LogP contribution in [0.1, 0.15) is 19.3 Å². The fraction of sp³-hybridized carbons (Fsp3) is 0.467. The maximum Gasteiger partial charge on any atom is 0.220 e. The summed E-state index contributed by atoms with van der Waals surface area (Å²) >= 11 is 3.29. The summed E-state index contributed by atoms with van der Waals surface area (Å²) in [4.78, 5) is 16.3. The van der Waals surface area contributed by atoms with Crippen LogP contribution in [0.4, 0.5) is 0 Å². The summed E-state index contributed by atoms with van der Waals surface area (Å²) in [5.41, 5.74) is 1.00. The van der Waals surface area contributed by atoms with Crippen molar-refractivity contribution in [1.29, 1.82) is 0 Å². The third-order valence-electron chi connectivity index (χ3n) is 3.78. The quantitative estimate of drug-likeness (QED) is 0.769. The van der Waals surface area contributed by atoms with Gasteiger partial charge < -0.3 is 10.4 Å². The highest BCUT2D eigenvalue weighted by Gasteiger charge is 2.41. The first-order chi connectivity index (χ1) is 10.2. The minimum absolute atomic E-state index is 0.0180. The second-order valence-electron chi connectivity index (χ2n) is 5.48. The number of aliphatic hydroxyl groups is 1. The molecule has 0 atom stereocenters. The number of carbonyl (C=O) groups excluding carboxylic acids is 1. The molecule has 1 amide bonds. The van der Waals surface area contributed by atoms with Crippen molar-refractivity contribution in [3.63, 3.8) is 0 Å². The number of benzene rings is 1. The van der Waals surface area contributed by atoms with Crippen molar-refractivity contribution in [3.05, 3.63) is 24.3 Å². The third kappa shape index (κ3) is 3.75. The van der Waals surface area contributed by atoms with Crippen molar-refractivity contribution in [1.82, 2.24) is 10.3 Å². The fourth-order valence-corrected chi connectivity index (χ4v) is 4.16. The molecule has 21 heavy (non-hydrogen) atoms. The van der Waals surface area contributed by atoms with Crippen LogP contribution < -0.4 is 5.32 Å². The molecule has 2 aromatic rings. The van der Waals surface area contributed by atoms with Crippen molar-refractivity contribution in [2.24, 2.45) is 5.41 Å². The molecule has 4 nitrogen and oxygen atoms in total. The molecule has 1 heterocycles. The average molecular weight is 322 g/mol. The first-order valence-electron chi connectivity index (χ1n) is 7.07. The molecule has 0 saturated heterocycles. The lowest BCUT2D eigenvalue weighted by Gasteiger charge is -2.12. The van der Waals surface area contributed by atoms with E-state index in [0.717, 1.165) is 28.5 Å². The van der Waals surface area contributed by atoms with Crippen LogP contribution in [0.5, 0.6) is 0 Å². The monoisotopic (exact) mass is 322 g/mol. The van der Waals surface area contributed by atoms with Gasteiger partial charge in [0.2, 0.25) is 5.91 Å². The molecule has 3 rings (SSSR count). The van der Waals surface area contributed by atoms with Gasteiger partial charge in [-0.3, -0.25) is 4.79 Å². The first-order valence-corrected chi connectivity index (χ1v) is 8.87. The maximum atomic E-state index is 11.8. The molecule has 1 aromatic heterocycles. The second-order valence-corrected chi connectivity index (χ2v) is 7.85. The van der Waals surface area contributed by atoms with Gasteiger partial charge in [0, 0.05) is 24.1 Å². The molecule has 1 fully saturated rings. The van der Waals surface area contributed by atoms with E-state index in [1.54, 1.807) is 23.1 Å². The van der Waals surface area contributed by atoms with E-state index in [1.165, 1.54) is 4.70 Å². The number of amides is 1. The summed E-state index contributed by atoms with van der Waals surface area (Å²) in [5.74, 6) is 0.793. The fourth-order valence-electron chi connectivity index (χ4n) is 2.09. The van der Waals surface area contributed by atoms with E-state index < -0.39 is 0 Å². The zero-order valence-electron chi connectivity index (χ0n) is 11.7. The zero-order chi connectivity index (χ0) is 14.7. The summed E-state index contributed by atoms with van der Waals surface area (Å²) < 4.78 is 2.20. The topological polar surface area (TPSA) is 62.2 Å². The predicted octanol–water partition coefficient (Wildman–Crippen LogP) is 2.67. The van der Waals surface area contributed by atoms with Crippen molar-refractivity contribution >= 4 is 39.2 Å². The highest BCUT2D eigenvalue weighted by atomic mass is 32.2. The van der Waals surface area contributed by atoms with Gasteiger partial charge in [-0.2, -0.15) is 0 Å². The van der Waals surface area contributed by atoms with Gasteiger partial charge >= 0.3 is 0 Å². The Balaban J connectivity index is 1.42. The van der Waals surface area contributed by atoms with Gasteiger partial charge in [0.1, 0.15) is 0 Å². The normalized spacial score (nSPS) is 16.0. The largest absolute Gasteiger partial charge is 0.396 e. The van der Waals surface area contributed by atoms with Crippen LogP contribution in [-0.4, -0.2) is 34.9 Å². The second kappa shape index (κ2) is 6.34. The van der Waals surface area contributed by atoms with Crippen LogP contribution in [0.2, 0.25) is 0 Å². The molecule has 0 bridgehead atoms. The Labute approximate surface area is 132 Å². The molecule has 0 spiro atoms. The lowest BCUT2D eigenvalue weighted by atomic mass is 10.1. The Bertz CT molecular complexity index is 604. The number of hydrogen-bond donors (Lipinski definition) is 2. The molecule has 2 N–H and O–H groups in total. The van der Waals surface area contributed by atoms with E-state index in [4.69, 9.17) is 0 Å². The molecule has 0 radical (unpaired) electrons. The molecular formula is C15H18N2O2S2. The zero-order valence-corrected chi connectivity index (χ0v) is 13.3. The predicted molar refractivity (Wildman–Crippen MR) is 86.7 cm³/mol. The number of carbonyl (C=O) groups is 1. The van der Waals surface area contributed by atoms with Crippen LogP contribution in [-0.2, 0) is 4.79 Å². The van der Waals surface area contributed by atoms with Crippen LogP contribution in [0.25, 0.3) is 10.2 Å². The van der Waals surface area contributed by atoms with E-state index in [2.05, 4.69) is 16.4 Å². The molecule has 1 aromatic carbocycles. The minimum Gasteiger partial charge on any atom is -0.396 e. The summed E-state index contributed by atoms with van der Waals surface area (Å²) in [6.45, 7) is 0.780. The van der Waals surface area contributed by atoms with Gasteiger partial charge in [0.25, 0.3) is 0 Å². The van der Waals surface area contributed by atoms with Gasteiger partial charge in [-0.25, -0.2) is 4.98 Å². The van der Waals surface area contributed by atoms with Crippen molar-refractivity contribution in [2.45, 2.75) is 23.6 Å². The minimum atomic E-state index is -0.0180. The molecule has 112 valence electrons. The van der Waals surface area contributed by atoms with Gasteiger partial charge in [-0.1, -0.05) is 23.9 Å². The first kappa shape index (κ1) is 14.8. The molecule has 6 heteroatoms. The standard InChI is InChI=1S/C15H18N2O2S2/c18-10-15(6-7-15)9-16-13(19)5-8-20-14-17-11-3-1-2-4-12(11)21-14/h1-4,18H,5-10H2,(H,16,19). The molecule has 0 aliphatic heterocycles. The lowest BCUT2D eigenvalue weighted by molar-refractivity contribution is -0.121. The van der Waals surface area contributed by atoms with Crippen LogP contribution >= 0.6 is 23.1 Å². The number of thiazole rings is 1. The Morgan fingerprint density at radius 1 is 1.43 bits per heavy atom. The van der Waals surface area contributed by atoms with Gasteiger partial charge in [-0.05, 0) is 25.0 Å². The van der Waals surface area contributed by atoms with Crippen LogP contribution in [0.3, 0.4) is 0 Å². The number of aliphatic hydroxyl groups excluding tert-OH is 1. The highest BCUT2D eigenvalue weighted by molar-refractivity contribution is 8.01. The number of aromatic nitrogens is 1. The molecule has 0 unspecified atom stereocenters. The molecule has 1 aliphatic rings. The molecular weight excluding hydrogens is 304 g/mol. The van der Waals surface area contributed by atoms with Gasteiger partial charge in [0.15, 0.2) is 4.34 Å². The number of nitrogens with zero attached hydrogens (tertiary/aromatic N) is 1. The Morgan fingerprint density at radius 2 is 2.24 bits per heavy atom. The Kier molecular flexibility index (Phi) is 4.47. The van der Waals surface area contributed by atoms with Gasteiger partial charge in [-0.15, -0.1) is 11.3 Å². The lowest BCUT2D eigenvalue weighted by Crippen LogP contribution is -2.31. The van der Waals surface area contributed by atoms with Crippen LogP contribution in [0.15, 0.2) is 28.6 Å². The number of rotatable bonds is 7.